The average Bonchev–Trinajstić information content (AvgIpc) is 2.51. The smallest absolute Gasteiger partial charge is 0.251 e. The van der Waals surface area contributed by atoms with E-state index < -0.39 is 0 Å². The van der Waals surface area contributed by atoms with Gasteiger partial charge in [-0.05, 0) is 51.8 Å². The lowest BCUT2D eigenvalue weighted by Gasteiger charge is -2.10. The fourth-order valence-corrected chi connectivity index (χ4v) is 2.55. The van der Waals surface area contributed by atoms with Gasteiger partial charge in [0, 0.05) is 6.07 Å². The number of nitrogens with zero attached hydrogens (tertiary/aromatic N) is 2. The van der Waals surface area contributed by atoms with Gasteiger partial charge in [-0.15, -0.1) is 0 Å². The second-order valence-corrected chi connectivity index (χ2v) is 5.46. The molecule has 0 aliphatic carbocycles. The number of benzene rings is 1. The Bertz CT molecular complexity index is 841. The van der Waals surface area contributed by atoms with Gasteiger partial charge in [0.15, 0.2) is 0 Å². The molecule has 0 spiro atoms. The number of rotatable bonds is 3. The summed E-state index contributed by atoms with van der Waals surface area (Å²) in [7, 11) is 1.63. The third-order valence-electron chi connectivity index (χ3n) is 3.31. The third-order valence-corrected chi connectivity index (χ3v) is 3.75. The number of methoxy groups -OCH3 is 1. The van der Waals surface area contributed by atoms with E-state index in [-0.39, 0.29) is 5.56 Å². The Hall–Kier alpha value is -2.14. The number of ether oxygens (including phenoxy) is 1. The molecule has 0 fully saturated rings. The summed E-state index contributed by atoms with van der Waals surface area (Å²) in [5.41, 5.74) is 2.61. The number of pyridine rings is 2. The predicted molar refractivity (Wildman–Crippen MR) is 85.8 cm³/mol. The minimum absolute atomic E-state index is 0.0394. The monoisotopic (exact) mass is 344 g/mol. The van der Waals surface area contributed by atoms with Crippen LogP contribution in [0.3, 0.4) is 0 Å². The normalized spacial score (nSPS) is 10.8. The van der Waals surface area contributed by atoms with Gasteiger partial charge < -0.3 is 9.30 Å². The quantitative estimate of drug-likeness (QED) is 0.685. The van der Waals surface area contributed by atoms with E-state index in [4.69, 9.17) is 4.74 Å². The standard InChI is InChI=1S/C16H13BrN2O2/c1-21-12-4-2-11(3-5-12)10-19-14-7-8-15(17)18-13(14)6-9-16(19)20/h2-9H,10H2,1H3. The molecule has 0 aliphatic heterocycles. The van der Waals surface area contributed by atoms with Crippen LogP contribution < -0.4 is 10.3 Å². The maximum Gasteiger partial charge on any atom is 0.251 e. The van der Waals surface area contributed by atoms with Crippen LogP contribution >= 0.6 is 15.9 Å². The lowest BCUT2D eigenvalue weighted by atomic mass is 10.2. The van der Waals surface area contributed by atoms with Crippen LogP contribution in [0.5, 0.6) is 5.75 Å². The summed E-state index contributed by atoms with van der Waals surface area (Å²) < 4.78 is 7.62. The van der Waals surface area contributed by atoms with Crippen molar-refractivity contribution in [1.82, 2.24) is 9.55 Å². The Labute approximate surface area is 130 Å². The van der Waals surface area contributed by atoms with E-state index >= 15 is 0 Å². The SMILES string of the molecule is COc1ccc(Cn2c(=O)ccc3nc(Br)ccc32)cc1. The summed E-state index contributed by atoms with van der Waals surface area (Å²) in [6.07, 6.45) is 0. The van der Waals surface area contributed by atoms with Crippen LogP contribution in [-0.2, 0) is 6.54 Å². The molecule has 21 heavy (non-hydrogen) atoms. The van der Waals surface area contributed by atoms with Crippen molar-refractivity contribution in [3.8, 4) is 5.75 Å². The molecular formula is C16H13BrN2O2. The van der Waals surface area contributed by atoms with Gasteiger partial charge in [0.1, 0.15) is 10.4 Å². The highest BCUT2D eigenvalue weighted by molar-refractivity contribution is 9.10. The summed E-state index contributed by atoms with van der Waals surface area (Å²) in [4.78, 5) is 16.5. The second-order valence-electron chi connectivity index (χ2n) is 4.64. The zero-order chi connectivity index (χ0) is 14.8. The maximum absolute atomic E-state index is 12.1. The van der Waals surface area contributed by atoms with Crippen molar-refractivity contribution in [1.29, 1.82) is 0 Å². The number of aromatic nitrogens is 2. The van der Waals surface area contributed by atoms with E-state index in [1.54, 1.807) is 23.8 Å². The van der Waals surface area contributed by atoms with E-state index in [9.17, 15) is 4.79 Å². The molecule has 0 atom stereocenters. The zero-order valence-corrected chi connectivity index (χ0v) is 13.0. The molecule has 106 valence electrons. The molecule has 2 aromatic heterocycles. The molecule has 0 N–H and O–H groups in total. The van der Waals surface area contributed by atoms with Gasteiger partial charge in [0.05, 0.1) is 24.7 Å². The highest BCUT2D eigenvalue weighted by atomic mass is 79.9. The molecule has 0 saturated carbocycles. The Kier molecular flexibility index (Phi) is 3.75. The highest BCUT2D eigenvalue weighted by Crippen LogP contribution is 2.16. The molecule has 5 heteroatoms. The van der Waals surface area contributed by atoms with Gasteiger partial charge in [-0.2, -0.15) is 0 Å². The van der Waals surface area contributed by atoms with Gasteiger partial charge in [0.2, 0.25) is 0 Å². The summed E-state index contributed by atoms with van der Waals surface area (Å²) in [5.74, 6) is 0.801. The minimum Gasteiger partial charge on any atom is -0.497 e. The van der Waals surface area contributed by atoms with Crippen molar-refractivity contribution in [3.63, 3.8) is 0 Å². The maximum atomic E-state index is 12.1. The lowest BCUT2D eigenvalue weighted by molar-refractivity contribution is 0.414. The van der Waals surface area contributed by atoms with Gasteiger partial charge in [-0.3, -0.25) is 4.79 Å². The Morgan fingerprint density at radius 2 is 1.86 bits per heavy atom. The molecule has 0 radical (unpaired) electrons. The highest BCUT2D eigenvalue weighted by Gasteiger charge is 2.05. The lowest BCUT2D eigenvalue weighted by Crippen LogP contribution is -2.20. The van der Waals surface area contributed by atoms with Crippen molar-refractivity contribution >= 4 is 27.0 Å². The summed E-state index contributed by atoms with van der Waals surface area (Å²) in [5, 5.41) is 0. The topological polar surface area (TPSA) is 44.1 Å². The van der Waals surface area contributed by atoms with Gasteiger partial charge in [0.25, 0.3) is 5.56 Å². The van der Waals surface area contributed by atoms with E-state index in [0.717, 1.165) is 26.9 Å². The van der Waals surface area contributed by atoms with E-state index in [2.05, 4.69) is 20.9 Å². The van der Waals surface area contributed by atoms with Crippen LogP contribution in [0, 0.1) is 0 Å². The molecule has 3 rings (SSSR count). The molecule has 2 heterocycles. The number of fused-ring (bicyclic) bond motifs is 1. The van der Waals surface area contributed by atoms with Crippen molar-refractivity contribution in [2.24, 2.45) is 0 Å². The second kappa shape index (κ2) is 5.69. The molecule has 0 saturated heterocycles. The Morgan fingerprint density at radius 1 is 1.10 bits per heavy atom. The Morgan fingerprint density at radius 3 is 2.57 bits per heavy atom. The molecule has 0 bridgehead atoms. The van der Waals surface area contributed by atoms with Crippen LogP contribution in [-0.4, -0.2) is 16.7 Å². The first-order valence-corrected chi connectivity index (χ1v) is 7.26. The van der Waals surface area contributed by atoms with Crippen molar-refractivity contribution in [2.45, 2.75) is 6.54 Å². The van der Waals surface area contributed by atoms with Crippen molar-refractivity contribution in [2.75, 3.05) is 7.11 Å². The molecule has 0 unspecified atom stereocenters. The van der Waals surface area contributed by atoms with E-state index in [0.29, 0.717) is 6.54 Å². The molecule has 0 aliphatic rings. The van der Waals surface area contributed by atoms with Gasteiger partial charge in [-0.1, -0.05) is 12.1 Å². The average molecular weight is 345 g/mol. The molecule has 4 nitrogen and oxygen atoms in total. The molecule has 3 aromatic rings. The fraction of sp³-hybridized carbons (Fsp3) is 0.125. The molecule has 1 aromatic carbocycles. The predicted octanol–water partition coefficient (Wildman–Crippen LogP) is 3.22. The largest absolute Gasteiger partial charge is 0.497 e. The van der Waals surface area contributed by atoms with E-state index in [1.165, 1.54) is 0 Å². The number of hydrogen-bond donors (Lipinski definition) is 0. The summed E-state index contributed by atoms with van der Waals surface area (Å²) in [6.45, 7) is 0.503. The first-order chi connectivity index (χ1) is 10.2. The third kappa shape index (κ3) is 2.83. The van der Waals surface area contributed by atoms with Crippen molar-refractivity contribution < 1.29 is 4.74 Å². The number of halogens is 1. The molecular weight excluding hydrogens is 332 g/mol. The first-order valence-electron chi connectivity index (χ1n) is 6.46. The first kappa shape index (κ1) is 13.8. The Balaban J connectivity index is 2.06. The zero-order valence-electron chi connectivity index (χ0n) is 11.4. The summed E-state index contributed by atoms with van der Waals surface area (Å²) >= 11 is 3.35. The summed E-state index contributed by atoms with van der Waals surface area (Å²) in [6, 6.07) is 14.7. The van der Waals surface area contributed by atoms with Crippen LogP contribution in [0.2, 0.25) is 0 Å². The number of hydrogen-bond acceptors (Lipinski definition) is 3. The van der Waals surface area contributed by atoms with Crippen LogP contribution in [0.15, 0.2) is 57.9 Å². The van der Waals surface area contributed by atoms with E-state index in [1.807, 2.05) is 36.4 Å². The van der Waals surface area contributed by atoms with Crippen LogP contribution in [0.4, 0.5) is 0 Å². The minimum atomic E-state index is -0.0394. The molecule has 0 amide bonds. The van der Waals surface area contributed by atoms with Gasteiger partial charge >= 0.3 is 0 Å². The van der Waals surface area contributed by atoms with Crippen LogP contribution in [0.25, 0.3) is 11.0 Å². The fourth-order valence-electron chi connectivity index (χ4n) is 2.23. The van der Waals surface area contributed by atoms with Crippen LogP contribution in [0.1, 0.15) is 5.56 Å². The van der Waals surface area contributed by atoms with Gasteiger partial charge in [-0.25, -0.2) is 4.98 Å². The van der Waals surface area contributed by atoms with Crippen molar-refractivity contribution in [3.05, 3.63) is 69.1 Å².